The van der Waals surface area contributed by atoms with E-state index in [4.69, 9.17) is 10.5 Å². The summed E-state index contributed by atoms with van der Waals surface area (Å²) in [6.45, 7) is -0.0294. The van der Waals surface area contributed by atoms with E-state index in [1.807, 2.05) is 0 Å². The first-order valence-corrected chi connectivity index (χ1v) is 14.2. The van der Waals surface area contributed by atoms with E-state index in [0.29, 0.717) is 25.7 Å². The molecule has 0 aliphatic carbocycles. The molecule has 0 saturated carbocycles. The molecule has 0 spiro atoms. The van der Waals surface area contributed by atoms with Crippen LogP contribution in [0, 0.1) is 0 Å². The van der Waals surface area contributed by atoms with Crippen molar-refractivity contribution < 1.29 is 43.1 Å². The van der Waals surface area contributed by atoms with Crippen LogP contribution in [0.25, 0.3) is 0 Å². The molecule has 0 aromatic heterocycles. The first kappa shape index (κ1) is 37.9. The van der Waals surface area contributed by atoms with E-state index in [2.05, 4.69) is 26.6 Å². The lowest BCUT2D eigenvalue weighted by atomic mass is 10.1. The average molecular weight is 632 g/mol. The van der Waals surface area contributed by atoms with Gasteiger partial charge in [0, 0.05) is 19.4 Å². The third-order valence-electron chi connectivity index (χ3n) is 5.89. The maximum atomic E-state index is 12.8. The summed E-state index contributed by atoms with van der Waals surface area (Å²) in [6, 6.07) is 7.74. The van der Waals surface area contributed by atoms with Crippen molar-refractivity contribution >= 4 is 47.8 Å². The van der Waals surface area contributed by atoms with Gasteiger partial charge in [0.1, 0.15) is 19.4 Å². The molecule has 0 heterocycles. The highest BCUT2D eigenvalue weighted by Gasteiger charge is 2.22. The molecule has 45 heavy (non-hydrogen) atoms. The summed E-state index contributed by atoms with van der Waals surface area (Å²) in [7, 11) is 0. The van der Waals surface area contributed by atoms with Gasteiger partial charge in [-0.2, -0.15) is 0 Å². The number of hydrogen-bond acceptors (Lipinski definition) is 9. The summed E-state index contributed by atoms with van der Waals surface area (Å²) in [5.74, 6) is -4.05. The Kier molecular flexibility index (Phi) is 18.9. The molecular formula is C29H41N7O9. The normalized spacial score (nSPS) is 11.1. The van der Waals surface area contributed by atoms with Gasteiger partial charge in [-0.05, 0) is 31.4 Å². The highest BCUT2D eigenvalue weighted by molar-refractivity contribution is 5.94. The number of unbranched alkanes of at least 4 members (excludes halogenated alkanes) is 2. The van der Waals surface area contributed by atoms with Gasteiger partial charge < -0.3 is 37.1 Å². The summed E-state index contributed by atoms with van der Waals surface area (Å²) in [5, 5.41) is 12.1. The lowest BCUT2D eigenvalue weighted by Crippen LogP contribution is -2.52. The fourth-order valence-electron chi connectivity index (χ4n) is 3.65. The summed E-state index contributed by atoms with van der Waals surface area (Å²) in [4.78, 5) is 95.8. The highest BCUT2D eigenvalue weighted by Crippen LogP contribution is 2.04. The lowest BCUT2D eigenvalue weighted by molar-refractivity contribution is -0.134. The summed E-state index contributed by atoms with van der Waals surface area (Å²) in [6.07, 6.45) is 5.11. The number of primary amides is 1. The molecule has 0 saturated heterocycles. The smallest absolute Gasteiger partial charge is 0.252 e. The number of nitrogens with two attached hydrogens (primary N) is 1. The first-order chi connectivity index (χ1) is 21.5. The number of amides is 8. The van der Waals surface area contributed by atoms with Crippen LogP contribution in [0.3, 0.4) is 0 Å². The molecule has 7 N–H and O–H groups in total. The van der Waals surface area contributed by atoms with Crippen molar-refractivity contribution in [1.29, 1.82) is 0 Å². The number of imide groups is 1. The second-order valence-corrected chi connectivity index (χ2v) is 9.59. The fourth-order valence-corrected chi connectivity index (χ4v) is 3.65. The van der Waals surface area contributed by atoms with Crippen molar-refractivity contribution in [2.75, 3.05) is 39.5 Å². The maximum Gasteiger partial charge on any atom is 0.252 e. The molecule has 0 aliphatic heterocycles. The van der Waals surface area contributed by atoms with Gasteiger partial charge in [0.2, 0.25) is 41.9 Å². The highest BCUT2D eigenvalue weighted by atomic mass is 16.5. The van der Waals surface area contributed by atoms with E-state index in [0.717, 1.165) is 10.5 Å². The molecule has 1 aromatic carbocycles. The molecule has 0 bridgehead atoms. The quantitative estimate of drug-likeness (QED) is 0.0351. The zero-order valence-corrected chi connectivity index (χ0v) is 25.2. The van der Waals surface area contributed by atoms with E-state index in [-0.39, 0.29) is 45.2 Å². The van der Waals surface area contributed by atoms with Gasteiger partial charge in [-0.1, -0.05) is 42.8 Å². The predicted octanol–water partition coefficient (Wildman–Crippen LogP) is -2.24. The van der Waals surface area contributed by atoms with Crippen LogP contribution in [-0.2, 0) is 49.5 Å². The molecule has 16 nitrogen and oxygen atoms in total. The van der Waals surface area contributed by atoms with Gasteiger partial charge in [-0.3, -0.25) is 43.3 Å². The van der Waals surface area contributed by atoms with Crippen LogP contribution in [0.5, 0.6) is 0 Å². The van der Waals surface area contributed by atoms with Gasteiger partial charge in [0.05, 0.1) is 19.6 Å². The Hall–Kier alpha value is -5.12. The van der Waals surface area contributed by atoms with Gasteiger partial charge in [0.15, 0.2) is 0 Å². The molecule has 1 unspecified atom stereocenters. The molecule has 246 valence electrons. The fraction of sp³-hybridized carbons (Fsp3) is 0.448. The van der Waals surface area contributed by atoms with E-state index in [9.17, 15) is 38.4 Å². The Bertz CT molecular complexity index is 1190. The number of nitrogens with one attached hydrogen (secondary N) is 5. The number of carbonyl (C=O) groups is 8. The third-order valence-corrected chi connectivity index (χ3v) is 5.89. The Morgan fingerprint density at radius 2 is 1.49 bits per heavy atom. The number of ether oxygens (including phenoxy) is 1. The largest absolute Gasteiger partial charge is 0.368 e. The van der Waals surface area contributed by atoms with E-state index in [1.165, 1.54) is 12.2 Å². The van der Waals surface area contributed by atoms with Crippen LogP contribution in [0.2, 0.25) is 0 Å². The number of carbonyl (C=O) groups excluding carboxylic acids is 8. The molecule has 0 fully saturated rings. The van der Waals surface area contributed by atoms with Crippen molar-refractivity contribution in [3.8, 4) is 0 Å². The van der Waals surface area contributed by atoms with Crippen LogP contribution >= 0.6 is 0 Å². The predicted molar refractivity (Wildman–Crippen MR) is 160 cm³/mol. The maximum absolute atomic E-state index is 12.8. The van der Waals surface area contributed by atoms with Crippen molar-refractivity contribution in [2.24, 2.45) is 5.73 Å². The molecule has 16 heteroatoms. The molecule has 1 rings (SSSR count). The molecule has 1 aromatic rings. The minimum atomic E-state index is -1.07. The van der Waals surface area contributed by atoms with Crippen molar-refractivity contribution in [3.05, 3.63) is 48.0 Å². The summed E-state index contributed by atoms with van der Waals surface area (Å²) >= 11 is 0. The zero-order valence-electron chi connectivity index (χ0n) is 25.2. The second kappa shape index (κ2) is 22.4. The molecule has 8 amide bonds. The standard InChI is InChI=1S/C29H41N7O9/c1-2-9-28(43)36(20-37)13-8-4-7-12-24(39)31-15-25(40)32-17-27(42)35-22(14-21-10-5-3-6-11-21)29(44)33-16-26(41)34-19-45-18-23(30)38/h2-3,5-6,9-11,20,22H,4,7-8,12-19H2,1H3,(H2,30,38)(H,31,39)(H,32,40)(H,33,44)(H,34,41)(H,35,42)/b9-2-. The monoisotopic (exact) mass is 631 g/mol. The lowest BCUT2D eigenvalue weighted by Gasteiger charge is -2.19. The number of allylic oxidation sites excluding steroid dienone is 1. The van der Waals surface area contributed by atoms with Crippen LogP contribution in [-0.4, -0.2) is 98.2 Å². The number of benzene rings is 1. The van der Waals surface area contributed by atoms with E-state index < -0.39 is 54.6 Å². The Labute approximate surface area is 260 Å². The van der Waals surface area contributed by atoms with Crippen LogP contribution in [0.15, 0.2) is 42.5 Å². The van der Waals surface area contributed by atoms with Gasteiger partial charge in [0.25, 0.3) is 5.91 Å². The molecule has 0 radical (unpaired) electrons. The number of rotatable bonds is 22. The molecule has 1 atom stereocenters. The summed E-state index contributed by atoms with van der Waals surface area (Å²) in [5.41, 5.74) is 5.66. The zero-order chi connectivity index (χ0) is 33.5. The summed E-state index contributed by atoms with van der Waals surface area (Å²) < 4.78 is 4.82. The van der Waals surface area contributed by atoms with Gasteiger partial charge in [-0.15, -0.1) is 0 Å². The Balaban J connectivity index is 2.43. The van der Waals surface area contributed by atoms with Gasteiger partial charge in [-0.25, -0.2) is 0 Å². The molecule has 0 aliphatic rings. The number of nitrogens with zero attached hydrogens (tertiary/aromatic N) is 1. The average Bonchev–Trinajstić information content (AvgIpc) is 3.01. The van der Waals surface area contributed by atoms with Gasteiger partial charge >= 0.3 is 0 Å². The second-order valence-electron chi connectivity index (χ2n) is 9.59. The van der Waals surface area contributed by atoms with Crippen molar-refractivity contribution in [2.45, 2.75) is 45.1 Å². The first-order valence-electron chi connectivity index (χ1n) is 14.2. The van der Waals surface area contributed by atoms with E-state index in [1.54, 1.807) is 37.3 Å². The number of hydrogen-bond donors (Lipinski definition) is 6. The minimum absolute atomic E-state index is 0.102. The minimum Gasteiger partial charge on any atom is -0.368 e. The van der Waals surface area contributed by atoms with Crippen LogP contribution < -0.4 is 32.3 Å². The van der Waals surface area contributed by atoms with E-state index >= 15 is 0 Å². The van der Waals surface area contributed by atoms with Crippen molar-refractivity contribution in [1.82, 2.24) is 31.5 Å². The molecular weight excluding hydrogens is 590 g/mol. The SMILES string of the molecule is C/C=C\C(=O)N(C=O)CCCCCC(=O)NCC(=O)NCC(=O)NC(Cc1ccccc1)C(=O)NCC(=O)NCOCC(N)=O. The topological polar surface area (TPSA) is 235 Å². The van der Waals surface area contributed by atoms with Crippen LogP contribution in [0.4, 0.5) is 0 Å². The Morgan fingerprint density at radius 3 is 2.16 bits per heavy atom. The Morgan fingerprint density at radius 1 is 0.844 bits per heavy atom. The third kappa shape index (κ3) is 18.2. The van der Waals surface area contributed by atoms with Crippen molar-refractivity contribution in [3.63, 3.8) is 0 Å². The van der Waals surface area contributed by atoms with Crippen LogP contribution in [0.1, 0.15) is 38.2 Å².